The minimum absolute atomic E-state index is 0.0135. The highest BCUT2D eigenvalue weighted by Crippen LogP contribution is 2.43. The third kappa shape index (κ3) is 3.60. The van der Waals surface area contributed by atoms with Crippen molar-refractivity contribution in [3.8, 4) is 0 Å². The first kappa shape index (κ1) is 23.0. The van der Waals surface area contributed by atoms with Gasteiger partial charge in [-0.3, -0.25) is 4.79 Å². The number of aryl methyl sites for hydroxylation is 1. The first-order valence-corrected chi connectivity index (χ1v) is 10.5. The highest BCUT2D eigenvalue weighted by Gasteiger charge is 2.42. The van der Waals surface area contributed by atoms with Gasteiger partial charge in [-0.15, -0.1) is 0 Å². The van der Waals surface area contributed by atoms with Gasteiger partial charge in [0.25, 0.3) is 5.92 Å². The van der Waals surface area contributed by atoms with E-state index in [0.717, 1.165) is 17.3 Å². The number of aromatic nitrogens is 2. The number of fused-ring (bicyclic) bond motifs is 2. The number of hydrogen-bond donors (Lipinski definition) is 2. The molecule has 6 nitrogen and oxygen atoms in total. The Morgan fingerprint density at radius 1 is 1.24 bits per heavy atom. The van der Waals surface area contributed by atoms with Gasteiger partial charge < -0.3 is 15.3 Å². The van der Waals surface area contributed by atoms with Crippen LogP contribution in [0.25, 0.3) is 10.9 Å². The number of nitrogens with one attached hydrogen (secondary N) is 1. The molecule has 2 N–H and O–H groups in total. The molecule has 0 spiro atoms. The minimum atomic E-state index is -3.69. The molecule has 174 valence electrons. The number of rotatable bonds is 5. The number of nitrogens with zero attached hydrogens (tertiary/aromatic N) is 3. The number of amides is 1. The van der Waals surface area contributed by atoms with Gasteiger partial charge in [-0.1, -0.05) is 12.1 Å². The van der Waals surface area contributed by atoms with Crippen LogP contribution in [-0.2, 0) is 16.1 Å². The van der Waals surface area contributed by atoms with Crippen LogP contribution in [0.3, 0.4) is 0 Å². The van der Waals surface area contributed by atoms with Gasteiger partial charge in [0.15, 0.2) is 0 Å². The number of halogens is 3. The Bertz CT molecular complexity index is 1280. The van der Waals surface area contributed by atoms with Crippen molar-refractivity contribution in [1.82, 2.24) is 9.97 Å². The Kier molecular flexibility index (Phi) is 5.35. The second-order valence-corrected chi connectivity index (χ2v) is 8.93. The first-order valence-electron chi connectivity index (χ1n) is 10.5. The van der Waals surface area contributed by atoms with Crippen molar-refractivity contribution in [3.05, 3.63) is 58.7 Å². The fraction of sp³-hybridized carbons (Fsp3) is 0.375. The molecule has 0 unspecified atom stereocenters. The number of hydrogen-bond acceptors (Lipinski definition) is 5. The predicted octanol–water partition coefficient (Wildman–Crippen LogP) is 4.59. The summed E-state index contributed by atoms with van der Waals surface area (Å²) in [5, 5.41) is 12.7. The van der Waals surface area contributed by atoms with Gasteiger partial charge in [0.05, 0.1) is 22.5 Å². The van der Waals surface area contributed by atoms with Gasteiger partial charge in [0.2, 0.25) is 5.91 Å². The smallest absolute Gasteiger partial charge is 0.298 e. The van der Waals surface area contributed by atoms with E-state index in [1.807, 2.05) is 26.0 Å². The van der Waals surface area contributed by atoms with Crippen molar-refractivity contribution in [2.45, 2.75) is 45.1 Å². The lowest BCUT2D eigenvalue weighted by molar-refractivity contribution is -0.121. The van der Waals surface area contributed by atoms with Crippen LogP contribution in [0, 0.1) is 12.7 Å². The van der Waals surface area contributed by atoms with Crippen molar-refractivity contribution in [1.29, 1.82) is 0 Å². The molecule has 0 radical (unpaired) electrons. The Morgan fingerprint density at radius 2 is 1.94 bits per heavy atom. The van der Waals surface area contributed by atoms with Crippen LogP contribution >= 0.6 is 0 Å². The van der Waals surface area contributed by atoms with Crippen molar-refractivity contribution in [2.24, 2.45) is 0 Å². The molecule has 1 atom stereocenters. The van der Waals surface area contributed by atoms with E-state index in [1.54, 1.807) is 25.8 Å². The highest BCUT2D eigenvalue weighted by molar-refractivity contribution is 6.10. The predicted molar refractivity (Wildman–Crippen MR) is 120 cm³/mol. The summed E-state index contributed by atoms with van der Waals surface area (Å²) in [5.41, 5.74) is 0.660. The van der Waals surface area contributed by atoms with E-state index in [1.165, 1.54) is 12.1 Å². The molecule has 33 heavy (non-hydrogen) atoms. The lowest BCUT2D eigenvalue weighted by Gasteiger charge is -2.21. The van der Waals surface area contributed by atoms with Crippen molar-refractivity contribution in [3.63, 3.8) is 0 Å². The molecule has 9 heteroatoms. The molecule has 2 aromatic carbocycles. The van der Waals surface area contributed by atoms with E-state index in [4.69, 9.17) is 5.11 Å². The number of aliphatic hydroxyl groups excluding tert-OH is 1. The van der Waals surface area contributed by atoms with E-state index < -0.39 is 35.4 Å². The minimum Gasteiger partial charge on any atom is -0.390 e. The zero-order valence-corrected chi connectivity index (χ0v) is 19.0. The van der Waals surface area contributed by atoms with Crippen LogP contribution in [0.2, 0.25) is 0 Å². The molecular weight excluding hydrogens is 433 g/mol. The van der Waals surface area contributed by atoms with Crippen LogP contribution in [0.5, 0.6) is 0 Å². The summed E-state index contributed by atoms with van der Waals surface area (Å²) in [6, 6.07) is 6.66. The standard InChI is InChI=1S/C24H25F3N4O2/c1-12(14-7-6-8-16(20(14)25)24(26,27)11-32)28-21-15-9-19-17(10-18(15)29-13(2)30-21)23(3,4)22(33)31(19)5/h6-10,12,32H,11H2,1-5H3,(H,28,29,30)/t12-/m1/s1. The fourth-order valence-electron chi connectivity index (χ4n) is 4.35. The van der Waals surface area contributed by atoms with Gasteiger partial charge in [-0.2, -0.15) is 8.78 Å². The van der Waals surface area contributed by atoms with E-state index >= 15 is 0 Å². The largest absolute Gasteiger partial charge is 0.390 e. The van der Waals surface area contributed by atoms with Gasteiger partial charge in [-0.05, 0) is 51.5 Å². The summed E-state index contributed by atoms with van der Waals surface area (Å²) >= 11 is 0. The van der Waals surface area contributed by atoms with Crippen molar-refractivity contribution < 1.29 is 23.1 Å². The molecule has 1 aliphatic rings. The van der Waals surface area contributed by atoms with Crippen LogP contribution in [0.1, 0.15) is 49.3 Å². The molecule has 1 amide bonds. The van der Waals surface area contributed by atoms with Crippen LogP contribution in [0.15, 0.2) is 30.3 Å². The molecule has 1 aromatic heterocycles. The lowest BCUT2D eigenvalue weighted by atomic mass is 9.85. The number of carbonyl (C=O) groups excluding carboxylic acids is 1. The SMILES string of the molecule is Cc1nc(N[C@H](C)c2cccc(C(F)(F)CO)c2F)c2cc3c(cc2n1)C(C)(C)C(=O)N3C. The third-order valence-electron chi connectivity index (χ3n) is 6.24. The van der Waals surface area contributed by atoms with Crippen molar-refractivity contribution in [2.75, 3.05) is 23.9 Å². The molecule has 0 aliphatic carbocycles. The van der Waals surface area contributed by atoms with Gasteiger partial charge in [0, 0.05) is 23.7 Å². The fourth-order valence-corrected chi connectivity index (χ4v) is 4.35. The number of aliphatic hydroxyl groups is 1. The second kappa shape index (κ2) is 7.69. The number of carbonyl (C=O) groups is 1. The zero-order valence-electron chi connectivity index (χ0n) is 19.0. The van der Waals surface area contributed by atoms with E-state index in [-0.39, 0.29) is 11.5 Å². The summed E-state index contributed by atoms with van der Waals surface area (Å²) in [5.74, 6) is -3.95. The molecule has 0 saturated heterocycles. The van der Waals surface area contributed by atoms with E-state index in [2.05, 4.69) is 15.3 Å². The Hall–Kier alpha value is -3.20. The summed E-state index contributed by atoms with van der Waals surface area (Å²) in [6.45, 7) is 5.58. The number of benzene rings is 2. The second-order valence-electron chi connectivity index (χ2n) is 8.93. The molecule has 0 bridgehead atoms. The quantitative estimate of drug-likeness (QED) is 0.585. The number of anilines is 2. The maximum Gasteiger partial charge on any atom is 0.298 e. The number of alkyl halides is 2. The monoisotopic (exact) mass is 458 g/mol. The maximum absolute atomic E-state index is 15.0. The topological polar surface area (TPSA) is 78.4 Å². The summed E-state index contributed by atoms with van der Waals surface area (Å²) in [6.07, 6.45) is 0. The molecule has 0 saturated carbocycles. The molecule has 2 heterocycles. The van der Waals surface area contributed by atoms with Gasteiger partial charge in [-0.25, -0.2) is 14.4 Å². The van der Waals surface area contributed by atoms with E-state index in [0.29, 0.717) is 22.5 Å². The van der Waals surface area contributed by atoms with Gasteiger partial charge >= 0.3 is 0 Å². The zero-order chi connectivity index (χ0) is 24.3. The average Bonchev–Trinajstić information content (AvgIpc) is 2.92. The maximum atomic E-state index is 15.0. The van der Waals surface area contributed by atoms with Crippen LogP contribution in [-0.4, -0.2) is 34.6 Å². The third-order valence-corrected chi connectivity index (χ3v) is 6.24. The summed E-state index contributed by atoms with van der Waals surface area (Å²) < 4.78 is 42.9. The Morgan fingerprint density at radius 3 is 2.61 bits per heavy atom. The average molecular weight is 458 g/mol. The molecular formula is C24H25F3N4O2. The van der Waals surface area contributed by atoms with Gasteiger partial charge in [0.1, 0.15) is 24.1 Å². The normalized spacial score (nSPS) is 16.3. The van der Waals surface area contributed by atoms with Crippen LogP contribution < -0.4 is 10.2 Å². The highest BCUT2D eigenvalue weighted by atomic mass is 19.3. The Balaban J connectivity index is 1.79. The van der Waals surface area contributed by atoms with E-state index in [9.17, 15) is 18.0 Å². The molecule has 4 rings (SSSR count). The molecule has 3 aromatic rings. The lowest BCUT2D eigenvalue weighted by Crippen LogP contribution is -2.33. The summed E-state index contributed by atoms with van der Waals surface area (Å²) in [4.78, 5) is 23.2. The Labute approximate surface area is 189 Å². The number of likely N-dealkylation sites (N-methyl/N-ethyl adjacent to an activating group) is 1. The summed E-state index contributed by atoms with van der Waals surface area (Å²) in [7, 11) is 1.70. The molecule has 0 fully saturated rings. The first-order chi connectivity index (χ1) is 15.4. The molecule has 1 aliphatic heterocycles. The van der Waals surface area contributed by atoms with Crippen LogP contribution in [0.4, 0.5) is 24.7 Å². The van der Waals surface area contributed by atoms with Crippen molar-refractivity contribution >= 4 is 28.3 Å².